The molecule has 0 radical (unpaired) electrons. The molecule has 0 atom stereocenters. The summed E-state index contributed by atoms with van der Waals surface area (Å²) in [6, 6.07) is 8.41. The second kappa shape index (κ2) is 8.94. The van der Waals surface area contributed by atoms with Crippen LogP contribution in [-0.2, 0) is 20.7 Å². The van der Waals surface area contributed by atoms with Gasteiger partial charge in [-0.2, -0.15) is 0 Å². The number of esters is 1. The number of methoxy groups -OCH3 is 2. The molecule has 6 nitrogen and oxygen atoms in total. The Labute approximate surface area is 150 Å². The Bertz CT molecular complexity index is 782. The van der Waals surface area contributed by atoms with E-state index in [1.165, 1.54) is 26.4 Å². The third kappa shape index (κ3) is 5.69. The highest BCUT2D eigenvalue weighted by molar-refractivity contribution is 6.31. The largest absolute Gasteiger partial charge is 0.495 e. The molecule has 1 N–H and O–H groups in total. The Kier molecular flexibility index (Phi) is 6.65. The number of carbonyl (C=O) groups excluding carboxylic acids is 2. The van der Waals surface area contributed by atoms with Crippen LogP contribution < -0.4 is 10.1 Å². The van der Waals surface area contributed by atoms with Gasteiger partial charge in [-0.1, -0.05) is 11.6 Å². The van der Waals surface area contributed by atoms with Crippen molar-refractivity contribution in [1.29, 1.82) is 0 Å². The zero-order valence-corrected chi connectivity index (χ0v) is 14.6. The quantitative estimate of drug-likeness (QED) is 0.599. The molecule has 1 heterocycles. The highest BCUT2D eigenvalue weighted by atomic mass is 35.5. The molecule has 1 amide bonds. The van der Waals surface area contributed by atoms with Crippen LogP contribution in [0.4, 0.5) is 5.69 Å². The Hall–Kier alpha value is -2.73. The van der Waals surface area contributed by atoms with Gasteiger partial charge in [-0.05, 0) is 36.4 Å². The zero-order valence-electron chi connectivity index (χ0n) is 13.9. The summed E-state index contributed by atoms with van der Waals surface area (Å²) in [5.41, 5.74) is 0.475. The van der Waals surface area contributed by atoms with Crippen molar-refractivity contribution in [3.8, 4) is 5.75 Å². The zero-order chi connectivity index (χ0) is 18.2. The molecule has 0 bridgehead atoms. The lowest BCUT2D eigenvalue weighted by Crippen LogP contribution is -2.08. The molecule has 25 heavy (non-hydrogen) atoms. The van der Waals surface area contributed by atoms with Crippen LogP contribution in [0.5, 0.6) is 5.75 Å². The molecule has 1 aromatic heterocycles. The van der Waals surface area contributed by atoms with Crippen LogP contribution in [0.15, 0.2) is 40.8 Å². The number of amides is 1. The minimum absolute atomic E-state index is 0.238. The van der Waals surface area contributed by atoms with Crippen molar-refractivity contribution < 1.29 is 23.5 Å². The third-order valence-electron chi connectivity index (χ3n) is 3.30. The smallest absolute Gasteiger partial charge is 0.305 e. The van der Waals surface area contributed by atoms with Crippen molar-refractivity contribution in [1.82, 2.24) is 0 Å². The fourth-order valence-electron chi connectivity index (χ4n) is 2.06. The highest BCUT2D eigenvalue weighted by Crippen LogP contribution is 2.27. The summed E-state index contributed by atoms with van der Waals surface area (Å²) in [5.74, 6) is 1.00. The summed E-state index contributed by atoms with van der Waals surface area (Å²) in [6.45, 7) is 0. The van der Waals surface area contributed by atoms with Crippen molar-refractivity contribution in [2.45, 2.75) is 12.8 Å². The molecule has 132 valence electrons. The van der Waals surface area contributed by atoms with E-state index in [9.17, 15) is 9.59 Å². The summed E-state index contributed by atoms with van der Waals surface area (Å²) in [6.07, 6.45) is 3.55. The van der Waals surface area contributed by atoms with E-state index < -0.39 is 0 Å². The number of benzene rings is 1. The lowest BCUT2D eigenvalue weighted by atomic mass is 10.2. The van der Waals surface area contributed by atoms with Gasteiger partial charge in [-0.25, -0.2) is 0 Å². The van der Waals surface area contributed by atoms with E-state index >= 15 is 0 Å². The maximum atomic E-state index is 12.0. The predicted molar refractivity (Wildman–Crippen MR) is 94.7 cm³/mol. The van der Waals surface area contributed by atoms with Crippen molar-refractivity contribution in [2.75, 3.05) is 19.5 Å². The van der Waals surface area contributed by atoms with E-state index in [4.69, 9.17) is 20.8 Å². The van der Waals surface area contributed by atoms with E-state index in [-0.39, 0.29) is 18.3 Å². The van der Waals surface area contributed by atoms with Crippen molar-refractivity contribution in [3.63, 3.8) is 0 Å². The fourth-order valence-corrected chi connectivity index (χ4v) is 2.23. The van der Waals surface area contributed by atoms with Crippen LogP contribution >= 0.6 is 11.6 Å². The number of halogens is 1. The van der Waals surface area contributed by atoms with Gasteiger partial charge in [0.25, 0.3) is 0 Å². The maximum Gasteiger partial charge on any atom is 0.305 e. The Balaban J connectivity index is 1.95. The average molecular weight is 364 g/mol. The Morgan fingerprint density at radius 3 is 2.76 bits per heavy atom. The standard InChI is InChI=1S/C18H18ClNO5/c1-23-16-8-3-12(19)11-15(16)20-17(21)9-6-13-4-5-14(25-13)7-10-18(22)24-2/h3-6,8-9,11H,7,10H2,1-2H3,(H,20,21)/b9-6+. The monoisotopic (exact) mass is 363 g/mol. The van der Waals surface area contributed by atoms with Gasteiger partial charge < -0.3 is 19.2 Å². The predicted octanol–water partition coefficient (Wildman–Crippen LogP) is 3.70. The van der Waals surface area contributed by atoms with Crippen LogP contribution in [0.1, 0.15) is 17.9 Å². The van der Waals surface area contributed by atoms with Crippen LogP contribution in [0.25, 0.3) is 6.08 Å². The van der Waals surface area contributed by atoms with E-state index in [0.717, 1.165) is 0 Å². The Morgan fingerprint density at radius 2 is 2.04 bits per heavy atom. The van der Waals surface area contributed by atoms with Crippen molar-refractivity contribution in [2.24, 2.45) is 0 Å². The lowest BCUT2D eigenvalue weighted by molar-refractivity contribution is -0.140. The number of carbonyl (C=O) groups is 2. The Morgan fingerprint density at radius 1 is 1.24 bits per heavy atom. The molecule has 0 unspecified atom stereocenters. The van der Waals surface area contributed by atoms with Gasteiger partial charge in [0.15, 0.2) is 0 Å². The van der Waals surface area contributed by atoms with Crippen LogP contribution in [0.3, 0.4) is 0 Å². The highest BCUT2D eigenvalue weighted by Gasteiger charge is 2.07. The molecule has 2 aromatic rings. The first-order chi connectivity index (χ1) is 12.0. The number of rotatable bonds is 7. The summed E-state index contributed by atoms with van der Waals surface area (Å²) in [4.78, 5) is 23.1. The van der Waals surface area contributed by atoms with E-state index in [0.29, 0.717) is 34.4 Å². The molecule has 0 aliphatic carbocycles. The number of aryl methyl sites for hydroxylation is 1. The molecule has 1 aromatic carbocycles. The molecule has 2 rings (SSSR count). The van der Waals surface area contributed by atoms with Gasteiger partial charge in [0, 0.05) is 17.5 Å². The van der Waals surface area contributed by atoms with Gasteiger partial charge in [0.2, 0.25) is 5.91 Å². The molecule has 0 saturated heterocycles. The first-order valence-corrected chi connectivity index (χ1v) is 7.87. The number of ether oxygens (including phenoxy) is 2. The summed E-state index contributed by atoms with van der Waals surface area (Å²) in [5, 5.41) is 3.18. The molecule has 0 fully saturated rings. The SMILES string of the molecule is COC(=O)CCc1ccc(/C=C/C(=O)Nc2cc(Cl)ccc2OC)o1. The van der Waals surface area contributed by atoms with Gasteiger partial charge in [0.1, 0.15) is 17.3 Å². The van der Waals surface area contributed by atoms with Gasteiger partial charge in [-0.15, -0.1) is 0 Å². The number of furan rings is 1. The molecule has 0 aliphatic rings. The average Bonchev–Trinajstić information content (AvgIpc) is 3.06. The number of hydrogen-bond acceptors (Lipinski definition) is 5. The van der Waals surface area contributed by atoms with Crippen LogP contribution in [0.2, 0.25) is 5.02 Å². The van der Waals surface area contributed by atoms with Gasteiger partial charge >= 0.3 is 5.97 Å². The summed E-state index contributed by atoms with van der Waals surface area (Å²) in [7, 11) is 2.85. The molecular formula is C18H18ClNO5. The second-order valence-corrected chi connectivity index (χ2v) is 5.48. The molecular weight excluding hydrogens is 346 g/mol. The normalized spacial score (nSPS) is 10.7. The van der Waals surface area contributed by atoms with Crippen molar-refractivity contribution >= 4 is 35.2 Å². The molecule has 0 saturated carbocycles. The first-order valence-electron chi connectivity index (χ1n) is 7.50. The van der Waals surface area contributed by atoms with Crippen LogP contribution in [0, 0.1) is 0 Å². The van der Waals surface area contributed by atoms with Gasteiger partial charge in [-0.3, -0.25) is 9.59 Å². The second-order valence-electron chi connectivity index (χ2n) is 5.05. The van der Waals surface area contributed by atoms with E-state index in [2.05, 4.69) is 10.1 Å². The third-order valence-corrected chi connectivity index (χ3v) is 3.54. The maximum absolute atomic E-state index is 12.0. The number of hydrogen-bond donors (Lipinski definition) is 1. The molecule has 0 aliphatic heterocycles. The lowest BCUT2D eigenvalue weighted by Gasteiger charge is -2.08. The first kappa shape index (κ1) is 18.6. The van der Waals surface area contributed by atoms with E-state index in [1.807, 2.05) is 0 Å². The molecule has 7 heteroatoms. The number of nitrogens with one attached hydrogen (secondary N) is 1. The van der Waals surface area contributed by atoms with Crippen LogP contribution in [-0.4, -0.2) is 26.1 Å². The minimum Gasteiger partial charge on any atom is -0.495 e. The summed E-state index contributed by atoms with van der Waals surface area (Å²) < 4.78 is 15.3. The minimum atomic E-state index is -0.354. The fraction of sp³-hybridized carbons (Fsp3) is 0.222. The summed E-state index contributed by atoms with van der Waals surface area (Å²) >= 11 is 5.92. The topological polar surface area (TPSA) is 77.8 Å². The molecule has 0 spiro atoms. The van der Waals surface area contributed by atoms with Gasteiger partial charge in [0.05, 0.1) is 26.3 Å². The number of anilines is 1. The van der Waals surface area contributed by atoms with E-state index in [1.54, 1.807) is 30.3 Å². The van der Waals surface area contributed by atoms with Crippen molar-refractivity contribution in [3.05, 3.63) is 53.0 Å².